The molecule has 2 aromatic carbocycles. The van der Waals surface area contributed by atoms with Gasteiger partial charge in [-0.3, -0.25) is 4.79 Å². The number of nitrogens with one attached hydrogen (secondary N) is 1. The van der Waals surface area contributed by atoms with Crippen LogP contribution in [0.2, 0.25) is 5.02 Å². The third-order valence-electron chi connectivity index (χ3n) is 3.72. The molecule has 0 saturated carbocycles. The van der Waals surface area contributed by atoms with E-state index < -0.39 is 5.97 Å². The summed E-state index contributed by atoms with van der Waals surface area (Å²) in [5, 5.41) is 4.28. The van der Waals surface area contributed by atoms with Crippen LogP contribution in [-0.4, -0.2) is 23.1 Å². The molecule has 1 heterocycles. The molecule has 3 rings (SSSR count). The first-order valence-electron chi connectivity index (χ1n) is 7.89. The molecule has 5 nitrogen and oxygen atoms in total. The molecule has 0 spiro atoms. The van der Waals surface area contributed by atoms with Gasteiger partial charge >= 0.3 is 5.97 Å². The predicted molar refractivity (Wildman–Crippen MR) is 98.0 cm³/mol. The number of benzene rings is 2. The summed E-state index contributed by atoms with van der Waals surface area (Å²) < 4.78 is 6.77. The first-order valence-corrected chi connectivity index (χ1v) is 8.27. The average Bonchev–Trinajstić information content (AvgIpc) is 2.96. The maximum atomic E-state index is 12.4. The second kappa shape index (κ2) is 7.40. The van der Waals surface area contributed by atoms with Crippen LogP contribution in [-0.2, 0) is 16.1 Å². The summed E-state index contributed by atoms with van der Waals surface area (Å²) >= 11 is 5.85. The number of aromatic nitrogens is 1. The molecule has 0 fully saturated rings. The number of halogens is 1. The molecule has 0 unspecified atom stereocenters. The molecule has 0 radical (unpaired) electrons. The van der Waals surface area contributed by atoms with Crippen molar-refractivity contribution in [3.8, 4) is 0 Å². The Morgan fingerprint density at radius 1 is 1.12 bits per heavy atom. The molecule has 0 atom stereocenters. The van der Waals surface area contributed by atoms with Crippen LogP contribution in [0.15, 0.2) is 54.6 Å². The van der Waals surface area contributed by atoms with Gasteiger partial charge in [0.15, 0.2) is 0 Å². The number of rotatable bonds is 5. The van der Waals surface area contributed by atoms with E-state index in [1.807, 2.05) is 24.3 Å². The highest BCUT2D eigenvalue weighted by molar-refractivity contribution is 6.30. The molecule has 1 N–H and O–H groups in total. The van der Waals surface area contributed by atoms with Gasteiger partial charge in [-0.05, 0) is 43.3 Å². The first-order chi connectivity index (χ1) is 12.1. The topological polar surface area (TPSA) is 60.3 Å². The Morgan fingerprint density at radius 2 is 1.84 bits per heavy atom. The summed E-state index contributed by atoms with van der Waals surface area (Å²) in [7, 11) is 0. The van der Waals surface area contributed by atoms with Crippen molar-refractivity contribution < 1.29 is 14.3 Å². The highest BCUT2D eigenvalue weighted by Gasteiger charge is 2.18. The van der Waals surface area contributed by atoms with Crippen LogP contribution in [0.5, 0.6) is 0 Å². The van der Waals surface area contributed by atoms with E-state index in [1.54, 1.807) is 41.8 Å². The van der Waals surface area contributed by atoms with Crippen LogP contribution in [0.4, 0.5) is 5.69 Å². The van der Waals surface area contributed by atoms with Gasteiger partial charge in [0, 0.05) is 21.6 Å². The molecular formula is C19H17ClN2O3. The van der Waals surface area contributed by atoms with Crippen LogP contribution < -0.4 is 5.32 Å². The van der Waals surface area contributed by atoms with Gasteiger partial charge in [-0.2, -0.15) is 0 Å². The largest absolute Gasteiger partial charge is 0.461 e. The van der Waals surface area contributed by atoms with Crippen molar-refractivity contribution in [3.05, 3.63) is 65.3 Å². The second-order valence-corrected chi connectivity index (χ2v) is 5.89. The SMILES string of the molecule is CCOC(=O)c1cc2ccccc2n1CC(=O)Nc1ccc(Cl)cc1. The minimum Gasteiger partial charge on any atom is -0.461 e. The lowest BCUT2D eigenvalue weighted by Crippen LogP contribution is -2.22. The molecular weight excluding hydrogens is 340 g/mol. The Morgan fingerprint density at radius 3 is 2.56 bits per heavy atom. The summed E-state index contributed by atoms with van der Waals surface area (Å²) in [6.07, 6.45) is 0. The van der Waals surface area contributed by atoms with Crippen molar-refractivity contribution in [3.63, 3.8) is 0 Å². The number of nitrogens with zero attached hydrogens (tertiary/aromatic N) is 1. The lowest BCUT2D eigenvalue weighted by atomic mass is 10.2. The molecule has 0 saturated heterocycles. The molecule has 0 aliphatic rings. The minimum absolute atomic E-state index is 0.00425. The zero-order valence-electron chi connectivity index (χ0n) is 13.7. The molecule has 0 bridgehead atoms. The quantitative estimate of drug-likeness (QED) is 0.700. The fraction of sp³-hybridized carbons (Fsp3) is 0.158. The molecule has 25 heavy (non-hydrogen) atoms. The van der Waals surface area contributed by atoms with Crippen molar-refractivity contribution in [1.29, 1.82) is 0 Å². The highest BCUT2D eigenvalue weighted by Crippen LogP contribution is 2.21. The van der Waals surface area contributed by atoms with Crippen LogP contribution >= 0.6 is 11.6 Å². The van der Waals surface area contributed by atoms with E-state index in [2.05, 4.69) is 5.32 Å². The third-order valence-corrected chi connectivity index (χ3v) is 3.98. The lowest BCUT2D eigenvalue weighted by Gasteiger charge is -2.11. The van der Waals surface area contributed by atoms with Gasteiger partial charge in [-0.25, -0.2) is 4.79 Å². The zero-order valence-corrected chi connectivity index (χ0v) is 14.4. The van der Waals surface area contributed by atoms with Crippen LogP contribution in [0.25, 0.3) is 10.9 Å². The second-order valence-electron chi connectivity index (χ2n) is 5.45. The molecule has 3 aromatic rings. The average molecular weight is 357 g/mol. The van der Waals surface area contributed by atoms with Gasteiger partial charge in [0.05, 0.1) is 6.61 Å². The van der Waals surface area contributed by atoms with E-state index in [1.165, 1.54) is 0 Å². The Labute approximate surface area is 150 Å². The van der Waals surface area contributed by atoms with E-state index in [-0.39, 0.29) is 19.1 Å². The fourth-order valence-electron chi connectivity index (χ4n) is 2.63. The standard InChI is InChI=1S/C19H17ClN2O3/c1-2-25-19(24)17-11-13-5-3-4-6-16(13)22(17)12-18(23)21-15-9-7-14(20)8-10-15/h3-11H,2,12H2,1H3,(H,21,23). The maximum absolute atomic E-state index is 12.4. The Balaban J connectivity index is 1.88. The van der Waals surface area contributed by atoms with Crippen molar-refractivity contribution in [2.24, 2.45) is 0 Å². The number of carbonyl (C=O) groups is 2. The summed E-state index contributed by atoms with van der Waals surface area (Å²) in [6, 6.07) is 16.1. The number of anilines is 1. The zero-order chi connectivity index (χ0) is 17.8. The fourth-order valence-corrected chi connectivity index (χ4v) is 2.76. The van der Waals surface area contributed by atoms with Crippen molar-refractivity contribution in [2.45, 2.75) is 13.5 Å². The summed E-state index contributed by atoms with van der Waals surface area (Å²) in [5.41, 5.74) is 1.80. The minimum atomic E-state index is -0.446. The van der Waals surface area contributed by atoms with Gasteiger partial charge in [-0.1, -0.05) is 29.8 Å². The van der Waals surface area contributed by atoms with Gasteiger partial charge in [0.25, 0.3) is 0 Å². The summed E-state index contributed by atoms with van der Waals surface area (Å²) in [4.78, 5) is 24.6. The third kappa shape index (κ3) is 3.83. The van der Waals surface area contributed by atoms with Gasteiger partial charge in [-0.15, -0.1) is 0 Å². The Bertz CT molecular complexity index is 916. The maximum Gasteiger partial charge on any atom is 0.354 e. The van der Waals surface area contributed by atoms with E-state index in [0.717, 1.165) is 10.9 Å². The lowest BCUT2D eigenvalue weighted by molar-refractivity contribution is -0.116. The van der Waals surface area contributed by atoms with E-state index in [0.29, 0.717) is 16.4 Å². The van der Waals surface area contributed by atoms with Crippen LogP contribution in [0, 0.1) is 0 Å². The van der Waals surface area contributed by atoms with E-state index >= 15 is 0 Å². The molecule has 0 aliphatic carbocycles. The smallest absolute Gasteiger partial charge is 0.354 e. The molecule has 1 aromatic heterocycles. The van der Waals surface area contributed by atoms with E-state index in [9.17, 15) is 9.59 Å². The normalized spacial score (nSPS) is 10.6. The van der Waals surface area contributed by atoms with Crippen molar-refractivity contribution in [1.82, 2.24) is 4.57 Å². The Hall–Kier alpha value is -2.79. The number of carbonyl (C=O) groups excluding carboxylic acids is 2. The van der Waals surface area contributed by atoms with Gasteiger partial charge in [0.2, 0.25) is 5.91 Å². The van der Waals surface area contributed by atoms with Crippen LogP contribution in [0.1, 0.15) is 17.4 Å². The van der Waals surface area contributed by atoms with Gasteiger partial charge < -0.3 is 14.6 Å². The number of amides is 1. The number of hydrogen-bond donors (Lipinski definition) is 1. The first kappa shape index (κ1) is 17.0. The molecule has 128 valence electrons. The number of fused-ring (bicyclic) bond motifs is 1. The van der Waals surface area contributed by atoms with Crippen LogP contribution in [0.3, 0.4) is 0 Å². The predicted octanol–water partition coefficient (Wildman–Crippen LogP) is 4.11. The monoisotopic (exact) mass is 356 g/mol. The molecule has 1 amide bonds. The van der Waals surface area contributed by atoms with Crippen molar-refractivity contribution in [2.75, 3.05) is 11.9 Å². The summed E-state index contributed by atoms with van der Waals surface area (Å²) in [6.45, 7) is 2.03. The molecule has 0 aliphatic heterocycles. The number of ether oxygens (including phenoxy) is 1. The number of esters is 1. The molecule has 6 heteroatoms. The number of para-hydroxylation sites is 1. The summed E-state index contributed by atoms with van der Waals surface area (Å²) in [5.74, 6) is -0.688. The van der Waals surface area contributed by atoms with E-state index in [4.69, 9.17) is 16.3 Å². The van der Waals surface area contributed by atoms with Crippen molar-refractivity contribution >= 4 is 40.1 Å². The number of hydrogen-bond acceptors (Lipinski definition) is 3. The van der Waals surface area contributed by atoms with Gasteiger partial charge in [0.1, 0.15) is 12.2 Å². The Kier molecular flexibility index (Phi) is 5.05. The highest BCUT2D eigenvalue weighted by atomic mass is 35.5.